The summed E-state index contributed by atoms with van der Waals surface area (Å²) in [5.74, 6) is 6.24. The highest BCUT2D eigenvalue weighted by atomic mass is 35.5. The van der Waals surface area contributed by atoms with Crippen molar-refractivity contribution in [1.82, 2.24) is 5.43 Å². The molecule has 0 heterocycles. The maximum atomic E-state index is 5.99. The lowest BCUT2D eigenvalue weighted by Crippen LogP contribution is -2.33. The molecular formula is C12H18ClN3. The highest BCUT2D eigenvalue weighted by Gasteiger charge is 2.26. The standard InChI is InChI=1S/C12H18ClN3/c13-9-5-6-10(11(14)7-9)12(16-15)8-3-1-2-4-8/h5-8,12,16H,1-4,14-15H2. The minimum Gasteiger partial charge on any atom is -0.398 e. The van der Waals surface area contributed by atoms with Gasteiger partial charge in [-0.1, -0.05) is 30.5 Å². The Bertz CT molecular complexity index is 361. The summed E-state index contributed by atoms with van der Waals surface area (Å²) < 4.78 is 0. The molecule has 0 amide bonds. The van der Waals surface area contributed by atoms with Crippen LogP contribution < -0.4 is 17.0 Å². The number of nitrogens with one attached hydrogen (secondary N) is 1. The van der Waals surface area contributed by atoms with Crippen molar-refractivity contribution in [2.75, 3.05) is 5.73 Å². The predicted octanol–water partition coefficient (Wildman–Crippen LogP) is 2.62. The van der Waals surface area contributed by atoms with E-state index in [1.54, 1.807) is 6.07 Å². The van der Waals surface area contributed by atoms with Crippen LogP contribution in [0, 0.1) is 5.92 Å². The molecule has 0 aliphatic heterocycles. The average Bonchev–Trinajstić information content (AvgIpc) is 2.75. The Labute approximate surface area is 101 Å². The van der Waals surface area contributed by atoms with E-state index in [0.717, 1.165) is 11.3 Å². The summed E-state index contributed by atoms with van der Waals surface area (Å²) in [6.45, 7) is 0. The molecule has 0 saturated heterocycles. The third kappa shape index (κ3) is 2.32. The Morgan fingerprint density at radius 1 is 1.31 bits per heavy atom. The van der Waals surface area contributed by atoms with Crippen molar-refractivity contribution in [3.8, 4) is 0 Å². The molecular weight excluding hydrogens is 222 g/mol. The lowest BCUT2D eigenvalue weighted by molar-refractivity contribution is 0.374. The highest BCUT2D eigenvalue weighted by molar-refractivity contribution is 6.30. The van der Waals surface area contributed by atoms with Crippen LogP contribution in [0.3, 0.4) is 0 Å². The number of hydrazine groups is 1. The Balaban J connectivity index is 2.25. The zero-order valence-electron chi connectivity index (χ0n) is 9.25. The van der Waals surface area contributed by atoms with Gasteiger partial charge in [0.25, 0.3) is 0 Å². The Hall–Kier alpha value is -0.770. The number of hydrogen-bond donors (Lipinski definition) is 3. The number of anilines is 1. The van der Waals surface area contributed by atoms with Gasteiger partial charge in [-0.3, -0.25) is 11.3 Å². The van der Waals surface area contributed by atoms with Gasteiger partial charge in [-0.15, -0.1) is 0 Å². The summed E-state index contributed by atoms with van der Waals surface area (Å²) in [5.41, 5.74) is 10.7. The highest BCUT2D eigenvalue weighted by Crippen LogP contribution is 2.37. The fraction of sp³-hybridized carbons (Fsp3) is 0.500. The minimum absolute atomic E-state index is 0.153. The zero-order chi connectivity index (χ0) is 11.5. The van der Waals surface area contributed by atoms with Gasteiger partial charge >= 0.3 is 0 Å². The monoisotopic (exact) mass is 239 g/mol. The average molecular weight is 240 g/mol. The van der Waals surface area contributed by atoms with Gasteiger partial charge in [0.2, 0.25) is 0 Å². The van der Waals surface area contributed by atoms with Crippen molar-refractivity contribution < 1.29 is 0 Å². The number of hydrogen-bond acceptors (Lipinski definition) is 3. The molecule has 0 bridgehead atoms. The normalized spacial score (nSPS) is 18.9. The molecule has 1 fully saturated rings. The molecule has 1 aromatic carbocycles. The minimum atomic E-state index is 0.153. The van der Waals surface area contributed by atoms with Gasteiger partial charge in [0.15, 0.2) is 0 Å². The van der Waals surface area contributed by atoms with Gasteiger partial charge in [-0.05, 0) is 36.5 Å². The van der Waals surface area contributed by atoms with Crippen molar-refractivity contribution in [2.24, 2.45) is 11.8 Å². The molecule has 3 nitrogen and oxygen atoms in total. The third-order valence-electron chi connectivity index (χ3n) is 3.43. The maximum absolute atomic E-state index is 5.99. The van der Waals surface area contributed by atoms with E-state index >= 15 is 0 Å². The number of nitrogen functional groups attached to an aromatic ring is 1. The topological polar surface area (TPSA) is 64.1 Å². The molecule has 1 aromatic rings. The number of nitrogens with two attached hydrogens (primary N) is 2. The van der Waals surface area contributed by atoms with E-state index in [2.05, 4.69) is 5.43 Å². The van der Waals surface area contributed by atoms with E-state index in [4.69, 9.17) is 23.2 Å². The molecule has 0 aromatic heterocycles. The van der Waals surface area contributed by atoms with Crippen LogP contribution in [0.5, 0.6) is 0 Å². The van der Waals surface area contributed by atoms with Crippen LogP contribution in [-0.4, -0.2) is 0 Å². The van der Waals surface area contributed by atoms with Gasteiger partial charge in [-0.2, -0.15) is 0 Å². The van der Waals surface area contributed by atoms with E-state index in [-0.39, 0.29) is 6.04 Å². The van der Waals surface area contributed by atoms with Crippen LogP contribution >= 0.6 is 11.6 Å². The first-order valence-corrected chi connectivity index (χ1v) is 6.11. The van der Waals surface area contributed by atoms with Crippen LogP contribution in [0.4, 0.5) is 5.69 Å². The summed E-state index contributed by atoms with van der Waals surface area (Å²) in [7, 11) is 0. The first-order chi connectivity index (χ1) is 7.72. The van der Waals surface area contributed by atoms with Gasteiger partial charge < -0.3 is 5.73 Å². The van der Waals surface area contributed by atoms with E-state index in [9.17, 15) is 0 Å². The number of rotatable bonds is 3. The maximum Gasteiger partial charge on any atom is 0.0508 e. The summed E-state index contributed by atoms with van der Waals surface area (Å²) in [4.78, 5) is 0. The Morgan fingerprint density at radius 3 is 2.56 bits per heavy atom. The molecule has 16 heavy (non-hydrogen) atoms. The molecule has 0 spiro atoms. The summed E-state index contributed by atoms with van der Waals surface area (Å²) in [6.07, 6.45) is 5.01. The molecule has 5 N–H and O–H groups in total. The molecule has 1 saturated carbocycles. The van der Waals surface area contributed by atoms with Crippen molar-refractivity contribution in [3.05, 3.63) is 28.8 Å². The van der Waals surface area contributed by atoms with E-state index < -0.39 is 0 Å². The largest absolute Gasteiger partial charge is 0.398 e. The fourth-order valence-corrected chi connectivity index (χ4v) is 2.78. The van der Waals surface area contributed by atoms with Gasteiger partial charge in [-0.25, -0.2) is 0 Å². The van der Waals surface area contributed by atoms with Crippen LogP contribution in [-0.2, 0) is 0 Å². The van der Waals surface area contributed by atoms with E-state index in [1.807, 2.05) is 12.1 Å². The zero-order valence-corrected chi connectivity index (χ0v) is 10.0. The second kappa shape index (κ2) is 5.04. The van der Waals surface area contributed by atoms with Gasteiger partial charge in [0.1, 0.15) is 0 Å². The lowest BCUT2D eigenvalue weighted by Gasteiger charge is -2.24. The second-order valence-corrected chi connectivity index (χ2v) is 4.90. The van der Waals surface area contributed by atoms with Crippen molar-refractivity contribution in [1.29, 1.82) is 0 Å². The quantitative estimate of drug-likeness (QED) is 0.432. The Kier molecular flexibility index (Phi) is 3.69. The number of benzene rings is 1. The molecule has 2 rings (SSSR count). The third-order valence-corrected chi connectivity index (χ3v) is 3.67. The van der Waals surface area contributed by atoms with Crippen LogP contribution in [0.15, 0.2) is 18.2 Å². The van der Waals surface area contributed by atoms with Crippen molar-refractivity contribution >= 4 is 17.3 Å². The molecule has 4 heteroatoms. The van der Waals surface area contributed by atoms with E-state index in [1.165, 1.54) is 25.7 Å². The molecule has 1 aliphatic rings. The predicted molar refractivity (Wildman–Crippen MR) is 67.9 cm³/mol. The first-order valence-electron chi connectivity index (χ1n) is 5.73. The fourth-order valence-electron chi connectivity index (χ4n) is 2.60. The van der Waals surface area contributed by atoms with Gasteiger partial charge in [0, 0.05) is 10.7 Å². The van der Waals surface area contributed by atoms with Crippen molar-refractivity contribution in [3.63, 3.8) is 0 Å². The Morgan fingerprint density at radius 2 is 2.00 bits per heavy atom. The molecule has 0 radical (unpaired) electrons. The van der Waals surface area contributed by atoms with Crippen molar-refractivity contribution in [2.45, 2.75) is 31.7 Å². The second-order valence-electron chi connectivity index (χ2n) is 4.46. The SMILES string of the molecule is NNC(c1ccc(Cl)cc1N)C1CCCC1. The summed E-state index contributed by atoms with van der Waals surface area (Å²) in [6, 6.07) is 5.78. The van der Waals surface area contributed by atoms with Gasteiger partial charge in [0.05, 0.1) is 6.04 Å². The molecule has 88 valence electrons. The van der Waals surface area contributed by atoms with E-state index in [0.29, 0.717) is 10.9 Å². The summed E-state index contributed by atoms with van der Waals surface area (Å²) in [5, 5.41) is 0.670. The smallest absolute Gasteiger partial charge is 0.0508 e. The first kappa shape index (κ1) is 11.7. The van der Waals surface area contributed by atoms with Crippen LogP contribution in [0.1, 0.15) is 37.3 Å². The molecule has 1 atom stereocenters. The molecule has 1 unspecified atom stereocenters. The van der Waals surface area contributed by atoms with Crippen LogP contribution in [0.25, 0.3) is 0 Å². The molecule has 1 aliphatic carbocycles. The van der Waals surface area contributed by atoms with Crippen LogP contribution in [0.2, 0.25) is 5.02 Å². The summed E-state index contributed by atoms with van der Waals surface area (Å²) >= 11 is 5.89. The number of halogens is 1. The lowest BCUT2D eigenvalue weighted by atomic mass is 9.91.